The van der Waals surface area contributed by atoms with E-state index in [9.17, 15) is 4.79 Å². The highest BCUT2D eigenvalue weighted by Gasteiger charge is 2.31. The second-order valence-corrected chi connectivity index (χ2v) is 5.82. The average molecular weight is 320 g/mol. The molecule has 2 aromatic rings. The molecule has 1 aromatic carbocycles. The molecule has 1 atom stereocenters. The van der Waals surface area contributed by atoms with E-state index in [1.54, 1.807) is 17.1 Å². The summed E-state index contributed by atoms with van der Waals surface area (Å²) in [6.45, 7) is 2.07. The van der Waals surface area contributed by atoms with E-state index >= 15 is 0 Å². The first-order chi connectivity index (χ1) is 9.06. The SMILES string of the molecule is CC1Cc2cc(Br)ccc2N1C(=O)c1cnn(C)c1. The molecule has 1 aliphatic rings. The molecule has 1 unspecified atom stereocenters. The Bertz CT molecular complexity index is 650. The summed E-state index contributed by atoms with van der Waals surface area (Å²) in [5.74, 6) is 0.0154. The molecule has 4 nitrogen and oxygen atoms in total. The second kappa shape index (κ2) is 4.49. The van der Waals surface area contributed by atoms with Gasteiger partial charge in [-0.2, -0.15) is 5.10 Å². The van der Waals surface area contributed by atoms with Crippen molar-refractivity contribution in [3.05, 3.63) is 46.2 Å². The Balaban J connectivity index is 2.00. The minimum absolute atomic E-state index is 0.0154. The standard InChI is InChI=1S/C14H14BrN3O/c1-9-5-10-6-12(15)3-4-13(10)18(9)14(19)11-7-16-17(2)8-11/h3-4,6-9H,5H2,1-2H3. The predicted molar refractivity (Wildman–Crippen MR) is 77.3 cm³/mol. The largest absolute Gasteiger partial charge is 0.305 e. The lowest BCUT2D eigenvalue weighted by Crippen LogP contribution is -2.35. The van der Waals surface area contributed by atoms with E-state index < -0.39 is 0 Å². The van der Waals surface area contributed by atoms with Gasteiger partial charge < -0.3 is 4.90 Å². The molecule has 5 heteroatoms. The molecule has 1 aliphatic heterocycles. The zero-order chi connectivity index (χ0) is 13.6. The fraction of sp³-hybridized carbons (Fsp3) is 0.286. The summed E-state index contributed by atoms with van der Waals surface area (Å²) >= 11 is 3.47. The van der Waals surface area contributed by atoms with Crippen molar-refractivity contribution in [1.82, 2.24) is 9.78 Å². The molecule has 2 heterocycles. The number of amides is 1. The van der Waals surface area contributed by atoms with Crippen molar-refractivity contribution in [2.24, 2.45) is 7.05 Å². The number of aryl methyl sites for hydroxylation is 1. The number of hydrogen-bond acceptors (Lipinski definition) is 2. The van der Waals surface area contributed by atoms with Gasteiger partial charge >= 0.3 is 0 Å². The normalized spacial score (nSPS) is 17.6. The summed E-state index contributed by atoms with van der Waals surface area (Å²) in [6, 6.07) is 6.23. The van der Waals surface area contributed by atoms with Crippen molar-refractivity contribution in [2.75, 3.05) is 4.90 Å². The van der Waals surface area contributed by atoms with Gasteiger partial charge in [-0.15, -0.1) is 0 Å². The first-order valence-electron chi connectivity index (χ1n) is 6.17. The van der Waals surface area contributed by atoms with E-state index in [0.717, 1.165) is 16.6 Å². The molecule has 0 fully saturated rings. The smallest absolute Gasteiger partial charge is 0.261 e. The van der Waals surface area contributed by atoms with Crippen molar-refractivity contribution >= 4 is 27.5 Å². The van der Waals surface area contributed by atoms with Crippen molar-refractivity contribution in [1.29, 1.82) is 0 Å². The van der Waals surface area contributed by atoms with E-state index in [2.05, 4.69) is 34.0 Å². The van der Waals surface area contributed by atoms with E-state index in [0.29, 0.717) is 5.56 Å². The fourth-order valence-corrected chi connectivity index (χ4v) is 2.99. The van der Waals surface area contributed by atoms with Crippen LogP contribution in [0.25, 0.3) is 0 Å². The van der Waals surface area contributed by atoms with E-state index in [-0.39, 0.29) is 11.9 Å². The van der Waals surface area contributed by atoms with Crippen LogP contribution in [0.1, 0.15) is 22.8 Å². The number of anilines is 1. The van der Waals surface area contributed by atoms with Gasteiger partial charge in [0.15, 0.2) is 0 Å². The van der Waals surface area contributed by atoms with Gasteiger partial charge in [0, 0.05) is 29.4 Å². The molecule has 1 aromatic heterocycles. The van der Waals surface area contributed by atoms with Crippen molar-refractivity contribution in [3.8, 4) is 0 Å². The van der Waals surface area contributed by atoms with Crippen LogP contribution in [0.2, 0.25) is 0 Å². The minimum Gasteiger partial charge on any atom is -0.305 e. The number of hydrogen-bond donors (Lipinski definition) is 0. The Kier molecular flexibility index (Phi) is 2.93. The van der Waals surface area contributed by atoms with Crippen LogP contribution in [0.4, 0.5) is 5.69 Å². The molecular weight excluding hydrogens is 306 g/mol. The van der Waals surface area contributed by atoms with Gasteiger partial charge in [0.25, 0.3) is 5.91 Å². The molecular formula is C14H14BrN3O. The van der Waals surface area contributed by atoms with Gasteiger partial charge in [0.2, 0.25) is 0 Å². The lowest BCUT2D eigenvalue weighted by molar-refractivity contribution is 0.0981. The van der Waals surface area contributed by atoms with Crippen molar-refractivity contribution in [2.45, 2.75) is 19.4 Å². The maximum atomic E-state index is 12.6. The van der Waals surface area contributed by atoms with Crippen molar-refractivity contribution < 1.29 is 4.79 Å². The molecule has 0 bridgehead atoms. The van der Waals surface area contributed by atoms with E-state index in [1.807, 2.05) is 24.1 Å². The Morgan fingerprint density at radius 1 is 1.47 bits per heavy atom. The molecule has 0 saturated carbocycles. The van der Waals surface area contributed by atoms with Crippen LogP contribution in [0.3, 0.4) is 0 Å². The summed E-state index contributed by atoms with van der Waals surface area (Å²) < 4.78 is 2.70. The zero-order valence-electron chi connectivity index (χ0n) is 10.8. The lowest BCUT2D eigenvalue weighted by atomic mass is 10.1. The first kappa shape index (κ1) is 12.4. The van der Waals surface area contributed by atoms with Gasteiger partial charge in [0.05, 0.1) is 11.8 Å². The van der Waals surface area contributed by atoms with Gasteiger partial charge in [-0.25, -0.2) is 0 Å². The average Bonchev–Trinajstić information content (AvgIpc) is 2.91. The number of fused-ring (bicyclic) bond motifs is 1. The third-order valence-corrected chi connectivity index (χ3v) is 3.92. The molecule has 0 spiro atoms. The van der Waals surface area contributed by atoms with Crippen LogP contribution in [0.15, 0.2) is 35.1 Å². The van der Waals surface area contributed by atoms with Crippen LogP contribution >= 0.6 is 15.9 Å². The van der Waals surface area contributed by atoms with E-state index in [4.69, 9.17) is 0 Å². The third-order valence-electron chi connectivity index (χ3n) is 3.43. The highest BCUT2D eigenvalue weighted by Crippen LogP contribution is 2.35. The topological polar surface area (TPSA) is 38.1 Å². The highest BCUT2D eigenvalue weighted by atomic mass is 79.9. The summed E-state index contributed by atoms with van der Waals surface area (Å²) in [6.07, 6.45) is 4.26. The van der Waals surface area contributed by atoms with Crippen LogP contribution in [-0.4, -0.2) is 21.7 Å². The summed E-state index contributed by atoms with van der Waals surface area (Å²) in [7, 11) is 1.81. The number of aromatic nitrogens is 2. The van der Waals surface area contributed by atoms with Gasteiger partial charge in [-0.05, 0) is 37.1 Å². The van der Waals surface area contributed by atoms with Crippen LogP contribution < -0.4 is 4.90 Å². The maximum absolute atomic E-state index is 12.6. The second-order valence-electron chi connectivity index (χ2n) is 4.90. The lowest BCUT2D eigenvalue weighted by Gasteiger charge is -2.22. The van der Waals surface area contributed by atoms with E-state index in [1.165, 1.54) is 5.56 Å². The molecule has 0 saturated heterocycles. The number of benzene rings is 1. The quantitative estimate of drug-likeness (QED) is 0.810. The Hall–Kier alpha value is -1.62. The number of carbonyl (C=O) groups excluding carboxylic acids is 1. The monoisotopic (exact) mass is 319 g/mol. The summed E-state index contributed by atoms with van der Waals surface area (Å²) in [5, 5.41) is 4.07. The molecule has 1 amide bonds. The van der Waals surface area contributed by atoms with Crippen LogP contribution in [0, 0.1) is 0 Å². The van der Waals surface area contributed by atoms with Crippen molar-refractivity contribution in [3.63, 3.8) is 0 Å². The van der Waals surface area contributed by atoms with Gasteiger partial charge in [-0.3, -0.25) is 9.48 Å². The Morgan fingerprint density at radius 3 is 2.95 bits per heavy atom. The number of nitrogens with zero attached hydrogens (tertiary/aromatic N) is 3. The third kappa shape index (κ3) is 2.08. The molecule has 0 aliphatic carbocycles. The molecule has 0 radical (unpaired) electrons. The Labute approximate surface area is 120 Å². The van der Waals surface area contributed by atoms with Crippen LogP contribution in [0.5, 0.6) is 0 Å². The molecule has 0 N–H and O–H groups in total. The van der Waals surface area contributed by atoms with Gasteiger partial charge in [0.1, 0.15) is 0 Å². The Morgan fingerprint density at radius 2 is 2.26 bits per heavy atom. The fourth-order valence-electron chi connectivity index (χ4n) is 2.58. The number of carbonyl (C=O) groups is 1. The van der Waals surface area contributed by atoms with Gasteiger partial charge in [-0.1, -0.05) is 15.9 Å². The predicted octanol–water partition coefficient (Wildman–Crippen LogP) is 2.77. The zero-order valence-corrected chi connectivity index (χ0v) is 12.4. The molecule has 98 valence electrons. The molecule has 3 rings (SSSR count). The number of rotatable bonds is 1. The molecule has 19 heavy (non-hydrogen) atoms. The number of halogens is 1. The van der Waals surface area contributed by atoms with Crippen LogP contribution in [-0.2, 0) is 13.5 Å². The summed E-state index contributed by atoms with van der Waals surface area (Å²) in [5.41, 5.74) is 2.84. The first-order valence-corrected chi connectivity index (χ1v) is 6.96. The summed E-state index contributed by atoms with van der Waals surface area (Å²) in [4.78, 5) is 14.4. The minimum atomic E-state index is 0.0154. The highest BCUT2D eigenvalue weighted by molar-refractivity contribution is 9.10. The maximum Gasteiger partial charge on any atom is 0.261 e.